The maximum absolute atomic E-state index is 12.6. The minimum absolute atomic E-state index is 0.0168. The molecule has 44 heavy (non-hydrogen) atoms. The Morgan fingerprint density at radius 2 is 0.818 bits per heavy atom. The molecule has 2 rings (SSSR count). The summed E-state index contributed by atoms with van der Waals surface area (Å²) >= 11 is 0. The monoisotopic (exact) mass is 608 g/mol. The molecule has 0 aliphatic heterocycles. The molecular formula is C38H60N2O4. The number of nitrogens with one attached hydrogen (secondary N) is 2. The molecule has 2 amide bonds. The number of anilines is 2. The second kappa shape index (κ2) is 23.4. The largest absolute Gasteiger partial charge is 0.495 e. The predicted molar refractivity (Wildman–Crippen MR) is 186 cm³/mol. The Kier molecular flexibility index (Phi) is 19.7. The van der Waals surface area contributed by atoms with Crippen molar-refractivity contribution < 1.29 is 19.1 Å². The average Bonchev–Trinajstić information content (AvgIpc) is 3.03. The van der Waals surface area contributed by atoms with Crippen LogP contribution in [0.15, 0.2) is 36.4 Å². The topological polar surface area (TPSA) is 76.7 Å². The lowest BCUT2D eigenvalue weighted by Gasteiger charge is -2.14. The maximum Gasteiger partial charge on any atom is 0.224 e. The van der Waals surface area contributed by atoms with Crippen molar-refractivity contribution in [3.63, 3.8) is 0 Å². The first-order valence-corrected chi connectivity index (χ1v) is 17.5. The highest BCUT2D eigenvalue weighted by Gasteiger charge is 2.13. The van der Waals surface area contributed by atoms with Crippen LogP contribution in [0.1, 0.15) is 142 Å². The van der Waals surface area contributed by atoms with Crippen LogP contribution in [-0.4, -0.2) is 26.0 Å². The number of rotatable bonds is 25. The van der Waals surface area contributed by atoms with Crippen molar-refractivity contribution in [2.45, 2.75) is 142 Å². The molecular weight excluding hydrogens is 548 g/mol. The Hall–Kier alpha value is -3.02. The predicted octanol–water partition coefficient (Wildman–Crippen LogP) is 11.1. The van der Waals surface area contributed by atoms with Gasteiger partial charge in [0.15, 0.2) is 0 Å². The fourth-order valence-electron chi connectivity index (χ4n) is 5.57. The van der Waals surface area contributed by atoms with Gasteiger partial charge in [0.25, 0.3) is 0 Å². The quantitative estimate of drug-likeness (QED) is 0.110. The molecule has 0 saturated heterocycles. The minimum atomic E-state index is 0.0168. The Balaban J connectivity index is 1.81. The summed E-state index contributed by atoms with van der Waals surface area (Å²) < 4.78 is 11.2. The van der Waals surface area contributed by atoms with Crippen LogP contribution in [0.3, 0.4) is 0 Å². The SMILES string of the molecule is CCCCCCCCCCCC(=O)Nc1ccc(-c2ccc(NC(=O)CCCCCCCCCCC)c(OC)c2)cc1OC. The fourth-order valence-corrected chi connectivity index (χ4v) is 5.57. The zero-order valence-electron chi connectivity index (χ0n) is 28.2. The third-order valence-electron chi connectivity index (χ3n) is 8.30. The normalized spacial score (nSPS) is 10.9. The summed E-state index contributed by atoms with van der Waals surface area (Å²) in [6, 6.07) is 11.5. The molecule has 0 heterocycles. The Morgan fingerprint density at radius 3 is 1.14 bits per heavy atom. The van der Waals surface area contributed by atoms with E-state index in [9.17, 15) is 9.59 Å². The van der Waals surface area contributed by atoms with Gasteiger partial charge in [-0.3, -0.25) is 9.59 Å². The number of carbonyl (C=O) groups is 2. The van der Waals surface area contributed by atoms with Crippen molar-refractivity contribution >= 4 is 23.2 Å². The van der Waals surface area contributed by atoms with Crippen molar-refractivity contribution in [1.29, 1.82) is 0 Å². The van der Waals surface area contributed by atoms with E-state index < -0.39 is 0 Å². The van der Waals surface area contributed by atoms with Gasteiger partial charge in [0.1, 0.15) is 11.5 Å². The second-order valence-electron chi connectivity index (χ2n) is 12.1. The van der Waals surface area contributed by atoms with E-state index in [1.165, 1.54) is 89.9 Å². The highest BCUT2D eigenvalue weighted by atomic mass is 16.5. The summed E-state index contributed by atoms with van der Waals surface area (Å²) in [7, 11) is 3.23. The van der Waals surface area contributed by atoms with Gasteiger partial charge >= 0.3 is 0 Å². The molecule has 6 heteroatoms. The zero-order chi connectivity index (χ0) is 31.8. The molecule has 246 valence electrons. The molecule has 0 aliphatic carbocycles. The van der Waals surface area contributed by atoms with E-state index in [0.29, 0.717) is 35.7 Å². The van der Waals surface area contributed by atoms with E-state index in [2.05, 4.69) is 24.5 Å². The standard InChI is InChI=1S/C38H60N2O4/c1-5-7-9-11-13-15-17-19-21-23-37(41)39-33-27-25-31(29-35(33)43-3)32-26-28-34(36(30-32)44-4)40-38(42)24-22-20-18-16-14-12-10-8-6-2/h25-30H,5-24H2,1-4H3,(H,39,41)(H,40,42). The number of methoxy groups -OCH3 is 2. The molecule has 2 N–H and O–H groups in total. The number of hydrogen-bond acceptors (Lipinski definition) is 4. The molecule has 0 unspecified atom stereocenters. The molecule has 0 aliphatic rings. The lowest BCUT2D eigenvalue weighted by Crippen LogP contribution is -2.12. The highest BCUT2D eigenvalue weighted by molar-refractivity contribution is 5.94. The van der Waals surface area contributed by atoms with Crippen LogP contribution in [0.4, 0.5) is 11.4 Å². The summed E-state index contributed by atoms with van der Waals surface area (Å²) in [6.45, 7) is 4.49. The summed E-state index contributed by atoms with van der Waals surface area (Å²) in [5.74, 6) is 1.26. The van der Waals surface area contributed by atoms with Crippen LogP contribution in [0.2, 0.25) is 0 Å². The van der Waals surface area contributed by atoms with Crippen molar-refractivity contribution in [2.24, 2.45) is 0 Å². The number of unbranched alkanes of at least 4 members (excludes halogenated alkanes) is 16. The molecule has 0 fully saturated rings. The van der Waals surface area contributed by atoms with Crippen molar-refractivity contribution in [2.75, 3.05) is 24.9 Å². The molecule has 0 bridgehead atoms. The highest BCUT2D eigenvalue weighted by Crippen LogP contribution is 2.35. The fraction of sp³-hybridized carbons (Fsp3) is 0.632. The van der Waals surface area contributed by atoms with Crippen LogP contribution in [-0.2, 0) is 9.59 Å². The molecule has 2 aromatic rings. The third-order valence-corrected chi connectivity index (χ3v) is 8.30. The lowest BCUT2D eigenvalue weighted by atomic mass is 10.0. The minimum Gasteiger partial charge on any atom is -0.495 e. The van der Waals surface area contributed by atoms with Gasteiger partial charge < -0.3 is 20.1 Å². The molecule has 0 atom stereocenters. The number of amides is 2. The maximum atomic E-state index is 12.6. The van der Waals surface area contributed by atoms with E-state index in [0.717, 1.165) is 36.8 Å². The van der Waals surface area contributed by atoms with Crippen LogP contribution in [0.25, 0.3) is 11.1 Å². The number of benzene rings is 2. The number of carbonyl (C=O) groups excluding carboxylic acids is 2. The summed E-state index contributed by atoms with van der Waals surface area (Å²) in [5.41, 5.74) is 3.21. The van der Waals surface area contributed by atoms with Crippen molar-refractivity contribution in [3.05, 3.63) is 36.4 Å². The molecule has 0 saturated carbocycles. The van der Waals surface area contributed by atoms with Crippen LogP contribution >= 0.6 is 0 Å². The summed E-state index contributed by atoms with van der Waals surface area (Å²) in [5, 5.41) is 6.04. The first-order chi connectivity index (χ1) is 21.5. The van der Waals surface area contributed by atoms with Crippen LogP contribution in [0, 0.1) is 0 Å². The zero-order valence-corrected chi connectivity index (χ0v) is 28.2. The van der Waals surface area contributed by atoms with Gasteiger partial charge in [-0.05, 0) is 48.2 Å². The van der Waals surface area contributed by atoms with E-state index in [-0.39, 0.29) is 11.8 Å². The van der Waals surface area contributed by atoms with E-state index in [4.69, 9.17) is 9.47 Å². The van der Waals surface area contributed by atoms with Crippen LogP contribution in [0.5, 0.6) is 11.5 Å². The van der Waals surface area contributed by atoms with Gasteiger partial charge in [-0.15, -0.1) is 0 Å². The van der Waals surface area contributed by atoms with E-state index >= 15 is 0 Å². The number of ether oxygens (including phenoxy) is 2. The van der Waals surface area contributed by atoms with Gasteiger partial charge in [0.2, 0.25) is 11.8 Å². The molecule has 6 nitrogen and oxygen atoms in total. The Labute approximate surface area is 268 Å². The van der Waals surface area contributed by atoms with E-state index in [1.54, 1.807) is 14.2 Å². The number of hydrogen-bond donors (Lipinski definition) is 2. The first-order valence-electron chi connectivity index (χ1n) is 17.5. The molecule has 0 aromatic heterocycles. The summed E-state index contributed by atoms with van der Waals surface area (Å²) in [4.78, 5) is 25.2. The Bertz CT molecular complexity index is 999. The Morgan fingerprint density at radius 1 is 0.500 bits per heavy atom. The van der Waals surface area contributed by atoms with Crippen molar-refractivity contribution in [1.82, 2.24) is 0 Å². The average molecular weight is 609 g/mol. The van der Waals surface area contributed by atoms with Gasteiger partial charge in [-0.1, -0.05) is 129 Å². The lowest BCUT2D eigenvalue weighted by molar-refractivity contribution is -0.117. The van der Waals surface area contributed by atoms with Gasteiger partial charge in [0.05, 0.1) is 25.6 Å². The van der Waals surface area contributed by atoms with E-state index in [1.807, 2.05) is 36.4 Å². The smallest absolute Gasteiger partial charge is 0.224 e. The van der Waals surface area contributed by atoms with Gasteiger partial charge in [-0.25, -0.2) is 0 Å². The van der Waals surface area contributed by atoms with Crippen molar-refractivity contribution in [3.8, 4) is 22.6 Å². The first kappa shape index (κ1) is 37.2. The molecule has 2 aromatic carbocycles. The summed E-state index contributed by atoms with van der Waals surface area (Å²) in [6.07, 6.45) is 23.1. The van der Waals surface area contributed by atoms with Crippen LogP contribution < -0.4 is 20.1 Å². The molecule has 0 radical (unpaired) electrons. The van der Waals surface area contributed by atoms with Gasteiger partial charge in [0, 0.05) is 12.8 Å². The molecule has 0 spiro atoms. The van der Waals surface area contributed by atoms with Gasteiger partial charge in [-0.2, -0.15) is 0 Å². The third kappa shape index (κ3) is 15.1. The second-order valence-corrected chi connectivity index (χ2v) is 12.1.